The van der Waals surface area contributed by atoms with Gasteiger partial charge in [0, 0.05) is 55.3 Å². The fourth-order valence-electron chi connectivity index (χ4n) is 4.70. The number of benzene rings is 2. The van der Waals surface area contributed by atoms with Crippen molar-refractivity contribution < 1.29 is 27.1 Å². The summed E-state index contributed by atoms with van der Waals surface area (Å²) in [5.41, 5.74) is -0.0720. The molecular weight excluding hydrogens is 490 g/mol. The number of aromatic nitrogens is 1. The molecule has 196 valence electrons. The summed E-state index contributed by atoms with van der Waals surface area (Å²) in [6, 6.07) is 7.50. The Morgan fingerprint density at radius 1 is 1.05 bits per heavy atom. The summed E-state index contributed by atoms with van der Waals surface area (Å²) in [5, 5.41) is 3.42. The second-order valence-electron chi connectivity index (χ2n) is 8.95. The van der Waals surface area contributed by atoms with Crippen molar-refractivity contribution in [2.24, 2.45) is 5.92 Å². The van der Waals surface area contributed by atoms with Crippen LogP contribution in [0.3, 0.4) is 0 Å². The molecule has 0 bridgehead atoms. The van der Waals surface area contributed by atoms with Crippen LogP contribution in [0.15, 0.2) is 53.3 Å². The van der Waals surface area contributed by atoms with Crippen molar-refractivity contribution in [2.75, 3.05) is 33.3 Å². The average molecular weight is 518 g/mol. The highest BCUT2D eigenvalue weighted by Crippen LogP contribution is 2.21. The first-order chi connectivity index (χ1) is 17.8. The normalized spacial score (nSPS) is 18.5. The van der Waals surface area contributed by atoms with Gasteiger partial charge < -0.3 is 19.5 Å². The molecule has 0 unspecified atom stereocenters. The number of fused-ring (bicyclic) bond motifs is 1. The molecule has 3 aromatic rings. The molecule has 2 heterocycles. The number of halogens is 4. The number of esters is 1. The Morgan fingerprint density at radius 2 is 1.86 bits per heavy atom. The molecule has 1 fully saturated rings. The molecular formula is C27H27F4N3O3. The van der Waals surface area contributed by atoms with Gasteiger partial charge in [-0.25, -0.2) is 17.6 Å². The Morgan fingerprint density at radius 3 is 2.65 bits per heavy atom. The van der Waals surface area contributed by atoms with Gasteiger partial charge in [-0.05, 0) is 43.3 Å². The molecule has 2 aromatic carbocycles. The van der Waals surface area contributed by atoms with Crippen molar-refractivity contribution in [1.29, 1.82) is 0 Å². The molecule has 0 amide bonds. The number of likely N-dealkylation sites (tertiary alicyclic amines) is 1. The van der Waals surface area contributed by atoms with Gasteiger partial charge in [0.1, 0.15) is 23.3 Å². The highest BCUT2D eigenvalue weighted by atomic mass is 19.1. The Hall–Kier alpha value is -3.50. The van der Waals surface area contributed by atoms with Crippen LogP contribution in [0.25, 0.3) is 17.0 Å². The van der Waals surface area contributed by atoms with Crippen molar-refractivity contribution >= 4 is 22.9 Å². The maximum absolute atomic E-state index is 14.2. The summed E-state index contributed by atoms with van der Waals surface area (Å²) in [6.07, 6.45) is 3.72. The van der Waals surface area contributed by atoms with Gasteiger partial charge in [0.2, 0.25) is 0 Å². The summed E-state index contributed by atoms with van der Waals surface area (Å²) in [7, 11) is 1.31. The van der Waals surface area contributed by atoms with E-state index in [0.29, 0.717) is 32.6 Å². The van der Waals surface area contributed by atoms with Crippen LogP contribution < -0.4 is 10.9 Å². The number of piperidine rings is 1. The fraction of sp³-hybridized carbons (Fsp3) is 0.333. The monoisotopic (exact) mass is 517 g/mol. The summed E-state index contributed by atoms with van der Waals surface area (Å²) >= 11 is 0. The lowest BCUT2D eigenvalue weighted by atomic mass is 9.92. The molecule has 6 nitrogen and oxygen atoms in total. The number of hydrogen-bond acceptors (Lipinski definition) is 5. The fourth-order valence-corrected chi connectivity index (χ4v) is 4.70. The van der Waals surface area contributed by atoms with E-state index in [9.17, 15) is 27.2 Å². The van der Waals surface area contributed by atoms with Gasteiger partial charge in [0.25, 0.3) is 5.56 Å². The van der Waals surface area contributed by atoms with Gasteiger partial charge in [-0.3, -0.25) is 9.59 Å². The number of carbonyl (C=O) groups is 1. The van der Waals surface area contributed by atoms with Crippen molar-refractivity contribution in [3.8, 4) is 0 Å². The quantitative estimate of drug-likeness (QED) is 0.365. The first kappa shape index (κ1) is 26.6. The van der Waals surface area contributed by atoms with Crippen molar-refractivity contribution in [3.63, 3.8) is 0 Å². The third-order valence-corrected chi connectivity index (χ3v) is 6.62. The van der Waals surface area contributed by atoms with Gasteiger partial charge in [0.15, 0.2) is 0 Å². The molecule has 0 spiro atoms. The average Bonchev–Trinajstić information content (AvgIpc) is 2.87. The highest BCUT2D eigenvalue weighted by molar-refractivity contribution is 5.79. The molecule has 0 aliphatic carbocycles. The van der Waals surface area contributed by atoms with E-state index in [2.05, 4.69) is 5.32 Å². The van der Waals surface area contributed by atoms with Crippen LogP contribution in [0, 0.1) is 29.2 Å². The molecule has 1 aromatic heterocycles. The van der Waals surface area contributed by atoms with Gasteiger partial charge in [-0.15, -0.1) is 0 Å². The number of hydrogen-bond donors (Lipinski definition) is 1. The zero-order chi connectivity index (χ0) is 26.5. The zero-order valence-electron chi connectivity index (χ0n) is 20.2. The summed E-state index contributed by atoms with van der Waals surface area (Å²) < 4.78 is 61.4. The Kier molecular flexibility index (Phi) is 8.40. The van der Waals surface area contributed by atoms with Crippen LogP contribution in [0.1, 0.15) is 12.0 Å². The minimum atomic E-state index is -0.767. The van der Waals surface area contributed by atoms with Crippen LogP contribution in [0.5, 0.6) is 0 Å². The third kappa shape index (κ3) is 6.26. The minimum absolute atomic E-state index is 0.129. The molecule has 4 rings (SSSR count). The largest absolute Gasteiger partial charge is 0.469 e. The first-order valence-corrected chi connectivity index (χ1v) is 11.9. The number of methoxy groups -OCH3 is 1. The van der Waals surface area contributed by atoms with Crippen LogP contribution >= 0.6 is 0 Å². The number of pyridine rings is 1. The molecule has 0 saturated carbocycles. The highest BCUT2D eigenvalue weighted by Gasteiger charge is 2.34. The van der Waals surface area contributed by atoms with E-state index in [-0.39, 0.29) is 34.6 Å². The van der Waals surface area contributed by atoms with E-state index in [0.717, 1.165) is 30.3 Å². The van der Waals surface area contributed by atoms with Gasteiger partial charge in [-0.2, -0.15) is 0 Å². The van der Waals surface area contributed by atoms with Crippen LogP contribution in [0.2, 0.25) is 0 Å². The Balaban J connectivity index is 1.40. The minimum Gasteiger partial charge on any atom is -0.469 e. The van der Waals surface area contributed by atoms with Crippen molar-refractivity contribution in [2.45, 2.75) is 19.0 Å². The molecule has 10 heteroatoms. The maximum atomic E-state index is 14.2. The van der Waals surface area contributed by atoms with E-state index in [1.165, 1.54) is 29.9 Å². The summed E-state index contributed by atoms with van der Waals surface area (Å²) in [6.45, 7) is 1.87. The summed E-state index contributed by atoms with van der Waals surface area (Å²) in [5.74, 6) is -3.47. The molecule has 0 radical (unpaired) electrons. The molecule has 2 atom stereocenters. The molecule has 1 N–H and O–H groups in total. The van der Waals surface area contributed by atoms with Crippen LogP contribution in [-0.2, 0) is 16.1 Å². The number of nitrogens with one attached hydrogen (secondary N) is 1. The number of rotatable bonds is 8. The van der Waals surface area contributed by atoms with Crippen LogP contribution in [-0.4, -0.2) is 54.8 Å². The molecule has 37 heavy (non-hydrogen) atoms. The Labute approximate surface area is 211 Å². The van der Waals surface area contributed by atoms with E-state index in [1.807, 2.05) is 4.90 Å². The topological polar surface area (TPSA) is 63.6 Å². The molecule has 1 saturated heterocycles. The standard InChI is InChI=1S/C27H27F4N3O3/c1-37-27(36)21-16-33(10-8-24(21)32-9-2-3-17-13-18(28)4-6-22(17)30)11-12-34-25-15-19(29)14-23(31)20(25)5-7-26(34)35/h2-7,13-15,21,24,32H,8-12,16H2,1H3/t21-,24-/m1/s1. The predicted molar refractivity (Wildman–Crippen MR) is 132 cm³/mol. The van der Waals surface area contributed by atoms with E-state index in [1.54, 1.807) is 6.08 Å². The molecule has 1 aliphatic heterocycles. The second-order valence-corrected chi connectivity index (χ2v) is 8.95. The van der Waals surface area contributed by atoms with E-state index in [4.69, 9.17) is 4.74 Å². The predicted octanol–water partition coefficient (Wildman–Crippen LogP) is 3.72. The third-order valence-electron chi connectivity index (χ3n) is 6.62. The van der Waals surface area contributed by atoms with Crippen molar-refractivity contribution in [3.05, 3.63) is 87.7 Å². The van der Waals surface area contributed by atoms with Crippen LogP contribution in [0.4, 0.5) is 17.6 Å². The number of carbonyl (C=O) groups excluding carboxylic acids is 1. The lowest BCUT2D eigenvalue weighted by Crippen LogP contribution is -2.53. The van der Waals surface area contributed by atoms with Crippen molar-refractivity contribution in [1.82, 2.24) is 14.8 Å². The number of nitrogens with zero attached hydrogens (tertiary/aromatic N) is 2. The SMILES string of the molecule is COC(=O)[C@@H]1CN(CCn2c(=O)ccc3c(F)cc(F)cc32)CC[C@H]1NCC=Cc1cc(F)ccc1F. The Bertz CT molecular complexity index is 1370. The number of ether oxygens (including phenoxy) is 1. The summed E-state index contributed by atoms with van der Waals surface area (Å²) in [4.78, 5) is 27.0. The van der Waals surface area contributed by atoms with Gasteiger partial charge in [0.05, 0.1) is 18.5 Å². The maximum Gasteiger partial charge on any atom is 0.311 e. The smallest absolute Gasteiger partial charge is 0.311 e. The van der Waals surface area contributed by atoms with Gasteiger partial charge >= 0.3 is 5.97 Å². The van der Waals surface area contributed by atoms with E-state index >= 15 is 0 Å². The first-order valence-electron chi connectivity index (χ1n) is 11.9. The zero-order valence-corrected chi connectivity index (χ0v) is 20.2. The van der Waals surface area contributed by atoms with E-state index < -0.39 is 35.2 Å². The lowest BCUT2D eigenvalue weighted by Gasteiger charge is -2.37. The van der Waals surface area contributed by atoms with Gasteiger partial charge in [-0.1, -0.05) is 12.2 Å². The second kappa shape index (κ2) is 11.7. The molecule has 1 aliphatic rings. The lowest BCUT2D eigenvalue weighted by molar-refractivity contribution is -0.148.